The Kier molecular flexibility index (Phi) is 6.15. The van der Waals surface area contributed by atoms with Crippen molar-refractivity contribution < 1.29 is 21.6 Å². The summed E-state index contributed by atoms with van der Waals surface area (Å²) in [4.78, 5) is 13.1. The Balaban J connectivity index is 2.43. The van der Waals surface area contributed by atoms with Crippen molar-refractivity contribution >= 4 is 27.1 Å². The van der Waals surface area contributed by atoms with E-state index in [-0.39, 0.29) is 11.7 Å². The lowest BCUT2D eigenvalue weighted by atomic mass is 9.95. The fourth-order valence-corrected chi connectivity index (χ4v) is 3.65. The maximum Gasteiger partial charge on any atom is 0.516 e. The lowest BCUT2D eigenvalue weighted by Gasteiger charge is -2.37. The Bertz CT molecular complexity index is 766. The quantitative estimate of drug-likeness (QED) is 0.539. The van der Waals surface area contributed by atoms with Crippen molar-refractivity contribution in [3.8, 4) is 0 Å². The number of halogens is 3. The molecule has 6 nitrogen and oxygen atoms in total. The molecule has 0 saturated heterocycles. The molecule has 1 unspecified atom stereocenters. The van der Waals surface area contributed by atoms with Crippen LogP contribution in [0.25, 0.3) is 0 Å². The van der Waals surface area contributed by atoms with Gasteiger partial charge in [0.15, 0.2) is 0 Å². The molecule has 1 atom stereocenters. The van der Waals surface area contributed by atoms with Crippen molar-refractivity contribution in [2.24, 2.45) is 5.18 Å². The second-order valence-electron chi connectivity index (χ2n) is 6.43. The molecule has 1 aromatic carbocycles. The molecule has 0 amide bonds. The first kappa shape index (κ1) is 20.5. The molecule has 0 fully saturated rings. The predicted octanol–water partition coefficient (Wildman–Crippen LogP) is 4.68. The second-order valence-corrected chi connectivity index (χ2v) is 8.10. The van der Waals surface area contributed by atoms with Crippen molar-refractivity contribution in [3.05, 3.63) is 22.6 Å². The van der Waals surface area contributed by atoms with E-state index in [1.54, 1.807) is 0 Å². The van der Waals surface area contributed by atoms with Gasteiger partial charge in [0.25, 0.3) is 0 Å². The molecular formula is C16H22F3N3O3S. The number of sulfonamides is 1. The van der Waals surface area contributed by atoms with Gasteiger partial charge in [0, 0.05) is 18.3 Å². The largest absolute Gasteiger partial charge is 0.516 e. The molecule has 1 N–H and O–H groups in total. The summed E-state index contributed by atoms with van der Waals surface area (Å²) in [6.45, 7) is 4.79. The minimum atomic E-state index is -5.63. The van der Waals surface area contributed by atoms with Crippen LogP contribution in [0.3, 0.4) is 0 Å². The topological polar surface area (TPSA) is 78.8 Å². The van der Waals surface area contributed by atoms with Crippen molar-refractivity contribution in [3.63, 3.8) is 0 Å². The van der Waals surface area contributed by atoms with Crippen molar-refractivity contribution in [2.45, 2.75) is 57.5 Å². The van der Waals surface area contributed by atoms with E-state index < -0.39 is 21.2 Å². The summed E-state index contributed by atoms with van der Waals surface area (Å²) >= 11 is 0. The van der Waals surface area contributed by atoms with E-state index in [2.05, 4.69) is 17.0 Å². The number of rotatable bonds is 7. The van der Waals surface area contributed by atoms with Gasteiger partial charge in [0.1, 0.15) is 5.69 Å². The first-order valence-electron chi connectivity index (χ1n) is 8.46. The van der Waals surface area contributed by atoms with E-state index in [0.29, 0.717) is 18.7 Å². The maximum atomic E-state index is 12.7. The number of anilines is 2. The van der Waals surface area contributed by atoms with Crippen LogP contribution in [-0.2, 0) is 16.4 Å². The highest BCUT2D eigenvalue weighted by atomic mass is 32.2. The van der Waals surface area contributed by atoms with Gasteiger partial charge in [0.05, 0.1) is 5.69 Å². The highest BCUT2D eigenvalue weighted by molar-refractivity contribution is 7.93. The van der Waals surface area contributed by atoms with Gasteiger partial charge in [-0.1, -0.05) is 19.8 Å². The van der Waals surface area contributed by atoms with Crippen LogP contribution in [0.5, 0.6) is 0 Å². The first-order chi connectivity index (χ1) is 12.1. The molecule has 0 bridgehead atoms. The molecule has 1 aliphatic rings. The number of alkyl halides is 3. The van der Waals surface area contributed by atoms with Crippen LogP contribution in [-0.4, -0.2) is 26.5 Å². The Morgan fingerprint density at radius 3 is 2.58 bits per heavy atom. The van der Waals surface area contributed by atoms with Gasteiger partial charge >= 0.3 is 15.5 Å². The molecule has 1 aromatic rings. The summed E-state index contributed by atoms with van der Waals surface area (Å²) in [5.74, 6) is 0. The summed E-state index contributed by atoms with van der Waals surface area (Å²) in [7, 11) is -5.63. The Morgan fingerprint density at radius 1 is 1.31 bits per heavy atom. The van der Waals surface area contributed by atoms with Gasteiger partial charge in [0.2, 0.25) is 0 Å². The molecule has 0 spiro atoms. The summed E-state index contributed by atoms with van der Waals surface area (Å²) in [5, 5.41) is 2.70. The van der Waals surface area contributed by atoms with E-state index in [1.807, 2.05) is 6.92 Å². The molecule has 1 aliphatic heterocycles. The molecule has 0 aliphatic carbocycles. The van der Waals surface area contributed by atoms with E-state index in [1.165, 1.54) is 16.9 Å². The van der Waals surface area contributed by atoms with E-state index in [9.17, 15) is 26.5 Å². The molecule has 0 aromatic heterocycles. The van der Waals surface area contributed by atoms with E-state index in [0.717, 1.165) is 31.2 Å². The third kappa shape index (κ3) is 4.28. The van der Waals surface area contributed by atoms with Gasteiger partial charge in [-0.2, -0.15) is 21.6 Å². The Morgan fingerprint density at radius 2 is 2.00 bits per heavy atom. The minimum absolute atomic E-state index is 0.168. The van der Waals surface area contributed by atoms with Crippen LogP contribution in [0.15, 0.2) is 17.3 Å². The summed E-state index contributed by atoms with van der Waals surface area (Å²) in [5.41, 5.74) is -4.85. The number of nitrogens with zero attached hydrogens (tertiary/aromatic N) is 2. The second kappa shape index (κ2) is 7.81. The summed E-state index contributed by atoms with van der Waals surface area (Å²) in [6, 6.07) is 2.83. The van der Waals surface area contributed by atoms with Gasteiger partial charge in [-0.05, 0) is 49.1 Å². The van der Waals surface area contributed by atoms with Crippen molar-refractivity contribution in [1.82, 2.24) is 0 Å². The van der Waals surface area contributed by atoms with Gasteiger partial charge < -0.3 is 4.90 Å². The zero-order chi connectivity index (χ0) is 19.5. The number of aryl methyl sites for hydroxylation is 1. The lowest BCUT2D eigenvalue weighted by molar-refractivity contribution is -0.0429. The van der Waals surface area contributed by atoms with Crippen molar-refractivity contribution in [1.29, 1.82) is 0 Å². The van der Waals surface area contributed by atoms with Gasteiger partial charge in [-0.3, -0.25) is 4.72 Å². The molecule has 10 heteroatoms. The number of unbranched alkanes of at least 4 members (excludes halogenated alkanes) is 2. The van der Waals surface area contributed by atoms with E-state index >= 15 is 0 Å². The van der Waals surface area contributed by atoms with Crippen LogP contribution >= 0.6 is 0 Å². The minimum Gasteiger partial charge on any atom is -0.369 e. The zero-order valence-electron chi connectivity index (χ0n) is 14.6. The predicted molar refractivity (Wildman–Crippen MR) is 95.1 cm³/mol. The molecule has 26 heavy (non-hydrogen) atoms. The summed E-state index contributed by atoms with van der Waals surface area (Å²) < 4.78 is 62.3. The molecule has 2 rings (SSSR count). The maximum absolute atomic E-state index is 12.7. The number of nitroso groups, excluding NO2 is 1. The average molecular weight is 393 g/mol. The zero-order valence-corrected chi connectivity index (χ0v) is 15.5. The summed E-state index contributed by atoms with van der Waals surface area (Å²) in [6.07, 6.45) is 4.44. The lowest BCUT2D eigenvalue weighted by Crippen LogP contribution is -2.38. The molecule has 1 heterocycles. The standard InChI is InChI=1S/C16H22F3N3O3S/c1-3-4-5-8-22-11(2)6-7-12-9-13(20-23)14(10-15(12)22)21-26(24,25)16(17,18)19/h9-11,21H,3-8H2,1-2H3. The fraction of sp³-hybridized carbons (Fsp3) is 0.625. The SMILES string of the molecule is CCCCCN1c2cc(NS(=O)(=O)C(F)(F)F)c(N=O)cc2CCC1C. The first-order valence-corrected chi connectivity index (χ1v) is 9.95. The van der Waals surface area contributed by atoms with Crippen LogP contribution in [0.1, 0.15) is 45.1 Å². The van der Waals surface area contributed by atoms with Crippen LogP contribution in [0.2, 0.25) is 0 Å². The Hall–Kier alpha value is -1.84. The number of hydrogen-bond donors (Lipinski definition) is 1. The molecule has 0 saturated carbocycles. The average Bonchev–Trinajstić information content (AvgIpc) is 2.55. The molecule has 146 valence electrons. The monoisotopic (exact) mass is 393 g/mol. The molecular weight excluding hydrogens is 371 g/mol. The van der Waals surface area contributed by atoms with Crippen LogP contribution < -0.4 is 9.62 Å². The highest BCUT2D eigenvalue weighted by Crippen LogP contribution is 2.40. The fourth-order valence-electron chi connectivity index (χ4n) is 3.08. The van der Waals surface area contributed by atoms with Gasteiger partial charge in [-0.15, -0.1) is 4.91 Å². The smallest absolute Gasteiger partial charge is 0.369 e. The van der Waals surface area contributed by atoms with E-state index in [4.69, 9.17) is 0 Å². The highest BCUT2D eigenvalue weighted by Gasteiger charge is 2.46. The number of nitrogens with one attached hydrogen (secondary N) is 1. The Labute approximate surface area is 150 Å². The number of benzene rings is 1. The van der Waals surface area contributed by atoms with Crippen LogP contribution in [0, 0.1) is 4.91 Å². The third-order valence-corrected chi connectivity index (χ3v) is 5.62. The normalized spacial score (nSPS) is 17.7. The number of fused-ring (bicyclic) bond motifs is 1. The van der Waals surface area contributed by atoms with Crippen LogP contribution in [0.4, 0.5) is 30.2 Å². The third-order valence-electron chi connectivity index (χ3n) is 4.52. The van der Waals surface area contributed by atoms with Gasteiger partial charge in [-0.25, -0.2) is 0 Å². The number of hydrogen-bond acceptors (Lipinski definition) is 5. The van der Waals surface area contributed by atoms with Crippen molar-refractivity contribution in [2.75, 3.05) is 16.2 Å². The molecule has 0 radical (unpaired) electrons.